The van der Waals surface area contributed by atoms with Crippen LogP contribution in [0.1, 0.15) is 17.3 Å². The zero-order valence-electron chi connectivity index (χ0n) is 10.8. The third-order valence-electron chi connectivity index (χ3n) is 2.43. The molecule has 0 unspecified atom stereocenters. The Labute approximate surface area is 117 Å². The van der Waals surface area contributed by atoms with E-state index in [1.807, 2.05) is 6.92 Å². The molecule has 3 N–H and O–H groups in total. The molecule has 1 amide bonds. The van der Waals surface area contributed by atoms with Gasteiger partial charge in [0.15, 0.2) is 0 Å². The van der Waals surface area contributed by atoms with Crippen LogP contribution < -0.4 is 5.32 Å². The molecular formula is C12H18ClN3O3. The van der Waals surface area contributed by atoms with Gasteiger partial charge in [-0.3, -0.25) is 4.79 Å². The summed E-state index contributed by atoms with van der Waals surface area (Å²) >= 11 is 5.87. The maximum atomic E-state index is 12.2. The van der Waals surface area contributed by atoms with Crippen molar-refractivity contribution in [3.05, 3.63) is 22.8 Å². The Bertz CT molecular complexity index is 423. The summed E-state index contributed by atoms with van der Waals surface area (Å²) in [7, 11) is 0. The van der Waals surface area contributed by atoms with Crippen molar-refractivity contribution in [2.45, 2.75) is 6.92 Å². The van der Waals surface area contributed by atoms with Crippen LogP contribution in [-0.4, -0.2) is 58.9 Å². The number of aromatic nitrogens is 1. The first kappa shape index (κ1) is 15.7. The molecule has 0 aromatic carbocycles. The minimum atomic E-state index is -0.299. The highest BCUT2D eigenvalue weighted by Crippen LogP contribution is 2.16. The SMILES string of the molecule is CCNc1cc(C(=O)N(CCO)CCO)cc(Cl)n1. The normalized spacial score (nSPS) is 10.3. The van der Waals surface area contributed by atoms with E-state index >= 15 is 0 Å². The van der Waals surface area contributed by atoms with E-state index in [1.54, 1.807) is 6.07 Å². The van der Waals surface area contributed by atoms with Gasteiger partial charge in [0.25, 0.3) is 5.91 Å². The highest BCUT2D eigenvalue weighted by atomic mass is 35.5. The molecule has 0 atom stereocenters. The van der Waals surface area contributed by atoms with Crippen LogP contribution >= 0.6 is 11.6 Å². The van der Waals surface area contributed by atoms with Gasteiger partial charge in [-0.05, 0) is 19.1 Å². The highest BCUT2D eigenvalue weighted by molar-refractivity contribution is 6.29. The number of pyridine rings is 1. The minimum Gasteiger partial charge on any atom is -0.395 e. The minimum absolute atomic E-state index is 0.162. The Kier molecular flexibility index (Phi) is 6.55. The first-order valence-electron chi connectivity index (χ1n) is 6.04. The Balaban J connectivity index is 2.95. The molecule has 1 aromatic rings. The van der Waals surface area contributed by atoms with Crippen LogP contribution in [0.3, 0.4) is 0 Å². The second kappa shape index (κ2) is 7.93. The standard InChI is InChI=1S/C12H18ClN3O3/c1-2-14-11-8-9(7-10(13)15-11)12(19)16(3-5-17)4-6-18/h7-8,17-18H,2-6H2,1H3,(H,14,15). The van der Waals surface area contributed by atoms with Gasteiger partial charge in [-0.1, -0.05) is 11.6 Å². The summed E-state index contributed by atoms with van der Waals surface area (Å²) in [4.78, 5) is 17.6. The summed E-state index contributed by atoms with van der Waals surface area (Å²) in [6.45, 7) is 2.58. The second-order valence-electron chi connectivity index (χ2n) is 3.83. The molecule has 6 nitrogen and oxygen atoms in total. The summed E-state index contributed by atoms with van der Waals surface area (Å²) in [5.74, 6) is 0.220. The van der Waals surface area contributed by atoms with E-state index in [1.165, 1.54) is 11.0 Å². The second-order valence-corrected chi connectivity index (χ2v) is 4.22. The monoisotopic (exact) mass is 287 g/mol. The lowest BCUT2D eigenvalue weighted by molar-refractivity contribution is 0.0685. The van der Waals surface area contributed by atoms with Crippen LogP contribution in [0.4, 0.5) is 5.82 Å². The molecule has 0 aliphatic heterocycles. The predicted octanol–water partition coefficient (Wildman–Crippen LogP) is 0.594. The van der Waals surface area contributed by atoms with Gasteiger partial charge in [0.2, 0.25) is 0 Å². The quantitative estimate of drug-likeness (QED) is 0.639. The van der Waals surface area contributed by atoms with Gasteiger partial charge in [0, 0.05) is 25.2 Å². The Hall–Kier alpha value is -1.37. The Morgan fingerprint density at radius 2 is 2.00 bits per heavy atom. The largest absolute Gasteiger partial charge is 0.395 e. The fourth-order valence-electron chi connectivity index (χ4n) is 1.63. The summed E-state index contributed by atoms with van der Waals surface area (Å²) in [5.41, 5.74) is 0.373. The number of nitrogens with one attached hydrogen (secondary N) is 1. The lowest BCUT2D eigenvalue weighted by Crippen LogP contribution is -2.35. The lowest BCUT2D eigenvalue weighted by atomic mass is 10.2. The number of carbonyl (C=O) groups is 1. The molecule has 0 saturated carbocycles. The molecule has 1 rings (SSSR count). The van der Waals surface area contributed by atoms with Crippen molar-refractivity contribution in [3.63, 3.8) is 0 Å². The van der Waals surface area contributed by atoms with E-state index in [0.29, 0.717) is 17.9 Å². The molecule has 1 heterocycles. The van der Waals surface area contributed by atoms with Crippen molar-refractivity contribution in [2.24, 2.45) is 0 Å². The molecule has 7 heteroatoms. The van der Waals surface area contributed by atoms with E-state index in [9.17, 15) is 4.79 Å². The van der Waals surface area contributed by atoms with Crippen molar-refractivity contribution < 1.29 is 15.0 Å². The Morgan fingerprint density at radius 3 is 2.53 bits per heavy atom. The van der Waals surface area contributed by atoms with Gasteiger partial charge in [-0.2, -0.15) is 0 Å². The molecule has 106 valence electrons. The molecular weight excluding hydrogens is 270 g/mol. The van der Waals surface area contributed by atoms with Crippen LogP contribution in [0, 0.1) is 0 Å². The van der Waals surface area contributed by atoms with Crippen LogP contribution in [0.5, 0.6) is 0 Å². The average molecular weight is 288 g/mol. The van der Waals surface area contributed by atoms with E-state index in [4.69, 9.17) is 21.8 Å². The van der Waals surface area contributed by atoms with Crippen LogP contribution in [0.2, 0.25) is 5.15 Å². The van der Waals surface area contributed by atoms with Gasteiger partial charge in [-0.25, -0.2) is 4.98 Å². The molecule has 0 aliphatic rings. The number of aliphatic hydroxyl groups excluding tert-OH is 2. The van der Waals surface area contributed by atoms with Crippen molar-refractivity contribution in [1.82, 2.24) is 9.88 Å². The first-order chi connectivity index (χ1) is 9.12. The Morgan fingerprint density at radius 1 is 1.37 bits per heavy atom. The lowest BCUT2D eigenvalue weighted by Gasteiger charge is -2.21. The van der Waals surface area contributed by atoms with Crippen molar-refractivity contribution >= 4 is 23.3 Å². The number of nitrogens with zero attached hydrogens (tertiary/aromatic N) is 2. The van der Waals surface area contributed by atoms with E-state index in [0.717, 1.165) is 0 Å². The van der Waals surface area contributed by atoms with Gasteiger partial charge >= 0.3 is 0 Å². The molecule has 0 aliphatic carbocycles. The fraction of sp³-hybridized carbons (Fsp3) is 0.500. The van der Waals surface area contributed by atoms with Crippen molar-refractivity contribution in [2.75, 3.05) is 38.2 Å². The average Bonchev–Trinajstić information content (AvgIpc) is 2.37. The maximum absolute atomic E-state index is 12.2. The third kappa shape index (κ3) is 4.66. The third-order valence-corrected chi connectivity index (χ3v) is 2.62. The maximum Gasteiger partial charge on any atom is 0.254 e. The van der Waals surface area contributed by atoms with Crippen molar-refractivity contribution in [3.8, 4) is 0 Å². The molecule has 0 bridgehead atoms. The number of amides is 1. The van der Waals surface area contributed by atoms with E-state index < -0.39 is 0 Å². The summed E-state index contributed by atoms with van der Waals surface area (Å²) in [5, 5.41) is 21.1. The highest BCUT2D eigenvalue weighted by Gasteiger charge is 2.16. The van der Waals surface area contributed by atoms with Gasteiger partial charge in [0.1, 0.15) is 11.0 Å². The smallest absolute Gasteiger partial charge is 0.254 e. The molecule has 0 saturated heterocycles. The summed E-state index contributed by atoms with van der Waals surface area (Å²) in [6, 6.07) is 3.06. The van der Waals surface area contributed by atoms with Crippen LogP contribution in [-0.2, 0) is 0 Å². The van der Waals surface area contributed by atoms with Crippen molar-refractivity contribution in [1.29, 1.82) is 0 Å². The molecule has 0 spiro atoms. The number of halogens is 1. The predicted molar refractivity (Wildman–Crippen MR) is 73.5 cm³/mol. The molecule has 0 radical (unpaired) electrons. The number of hydrogen-bond acceptors (Lipinski definition) is 5. The summed E-state index contributed by atoms with van der Waals surface area (Å²) < 4.78 is 0. The number of hydrogen-bond donors (Lipinski definition) is 3. The number of rotatable bonds is 7. The fourth-order valence-corrected chi connectivity index (χ4v) is 1.84. The van der Waals surface area contributed by atoms with Crippen LogP contribution in [0.15, 0.2) is 12.1 Å². The number of anilines is 1. The molecule has 1 aromatic heterocycles. The number of carbonyl (C=O) groups excluding carboxylic acids is 1. The molecule has 19 heavy (non-hydrogen) atoms. The first-order valence-corrected chi connectivity index (χ1v) is 6.42. The van der Waals surface area contributed by atoms with Gasteiger partial charge in [-0.15, -0.1) is 0 Å². The zero-order valence-corrected chi connectivity index (χ0v) is 11.5. The van der Waals surface area contributed by atoms with Gasteiger partial charge in [0.05, 0.1) is 13.2 Å². The molecule has 0 fully saturated rings. The summed E-state index contributed by atoms with van der Waals surface area (Å²) in [6.07, 6.45) is 0. The topological polar surface area (TPSA) is 85.7 Å². The van der Waals surface area contributed by atoms with Gasteiger partial charge < -0.3 is 20.4 Å². The van der Waals surface area contributed by atoms with E-state index in [2.05, 4.69) is 10.3 Å². The van der Waals surface area contributed by atoms with Crippen LogP contribution in [0.25, 0.3) is 0 Å². The van der Waals surface area contributed by atoms with E-state index in [-0.39, 0.29) is 37.4 Å². The number of aliphatic hydroxyl groups is 2. The zero-order chi connectivity index (χ0) is 14.3.